The molecule has 1 heterocycles. The van der Waals surface area contributed by atoms with Gasteiger partial charge in [-0.25, -0.2) is 4.98 Å². The number of rotatable bonds is 3. The molecule has 1 rings (SSSR count). The van der Waals surface area contributed by atoms with Gasteiger partial charge in [-0.1, -0.05) is 12.2 Å². The van der Waals surface area contributed by atoms with Crippen LogP contribution in [-0.4, -0.2) is 18.6 Å². The fraction of sp³-hybridized carbons (Fsp3) is 0.222. The highest BCUT2D eigenvalue weighted by molar-refractivity contribution is 5.48. The Morgan fingerprint density at radius 1 is 1.67 bits per heavy atom. The number of aromatic nitrogens is 1. The molecular weight excluding hydrogens is 155 g/mol. The molecule has 2 nitrogen and oxygen atoms in total. The highest BCUT2D eigenvalue weighted by Gasteiger charge is 1.94. The Balaban J connectivity index is 2.68. The maximum absolute atomic E-state index is 12.8. The molecule has 0 fully saturated rings. The molecule has 1 aromatic rings. The lowest BCUT2D eigenvalue weighted by atomic mass is 10.2. The number of nitrogens with one attached hydrogen (secondary N) is 1. The molecule has 0 radical (unpaired) electrons. The standard InChI is InChI=1S/C9H11FN2/c1-11-6-2-4-8-5-3-7-12-9(8)10/h2-5,7,11H,6H2,1H3. The van der Waals surface area contributed by atoms with Crippen molar-refractivity contribution in [3.63, 3.8) is 0 Å². The lowest BCUT2D eigenvalue weighted by Gasteiger charge is -1.93. The molecule has 0 atom stereocenters. The quantitative estimate of drug-likeness (QED) is 0.687. The van der Waals surface area contributed by atoms with Gasteiger partial charge in [-0.05, 0) is 19.2 Å². The molecule has 0 aromatic carbocycles. The Morgan fingerprint density at radius 3 is 3.17 bits per heavy atom. The third kappa shape index (κ3) is 2.43. The number of likely N-dealkylation sites (N-methyl/N-ethyl adjacent to an activating group) is 1. The van der Waals surface area contributed by atoms with Crippen molar-refractivity contribution in [2.45, 2.75) is 0 Å². The monoisotopic (exact) mass is 166 g/mol. The summed E-state index contributed by atoms with van der Waals surface area (Å²) in [5.74, 6) is -0.426. The predicted molar refractivity (Wildman–Crippen MR) is 47.2 cm³/mol. The van der Waals surface area contributed by atoms with Crippen molar-refractivity contribution in [2.24, 2.45) is 0 Å². The minimum absolute atomic E-state index is 0.426. The van der Waals surface area contributed by atoms with Crippen LogP contribution < -0.4 is 5.32 Å². The Labute approximate surface area is 71.1 Å². The van der Waals surface area contributed by atoms with E-state index in [0.717, 1.165) is 6.54 Å². The van der Waals surface area contributed by atoms with Gasteiger partial charge in [-0.3, -0.25) is 0 Å². The lowest BCUT2D eigenvalue weighted by Crippen LogP contribution is -2.03. The zero-order chi connectivity index (χ0) is 8.81. The normalized spacial score (nSPS) is 10.8. The molecule has 0 bridgehead atoms. The van der Waals surface area contributed by atoms with Crippen LogP contribution in [0.2, 0.25) is 0 Å². The van der Waals surface area contributed by atoms with Crippen LogP contribution in [0.4, 0.5) is 4.39 Å². The molecule has 12 heavy (non-hydrogen) atoms. The van der Waals surface area contributed by atoms with Crippen LogP contribution in [0.5, 0.6) is 0 Å². The summed E-state index contributed by atoms with van der Waals surface area (Å²) in [6, 6.07) is 3.40. The van der Waals surface area contributed by atoms with Gasteiger partial charge < -0.3 is 5.32 Å². The molecular formula is C9H11FN2. The third-order valence-electron chi connectivity index (χ3n) is 1.41. The van der Waals surface area contributed by atoms with Gasteiger partial charge in [-0.2, -0.15) is 4.39 Å². The van der Waals surface area contributed by atoms with E-state index in [1.165, 1.54) is 6.20 Å². The maximum Gasteiger partial charge on any atom is 0.220 e. The molecule has 0 aliphatic heterocycles. The minimum atomic E-state index is -0.426. The molecule has 0 aliphatic rings. The van der Waals surface area contributed by atoms with Crippen molar-refractivity contribution in [3.8, 4) is 0 Å². The summed E-state index contributed by atoms with van der Waals surface area (Å²) in [5.41, 5.74) is 0.521. The van der Waals surface area contributed by atoms with Gasteiger partial charge in [-0.15, -0.1) is 0 Å². The van der Waals surface area contributed by atoms with Crippen LogP contribution in [0.15, 0.2) is 24.4 Å². The van der Waals surface area contributed by atoms with Crippen molar-refractivity contribution in [1.82, 2.24) is 10.3 Å². The summed E-state index contributed by atoms with van der Waals surface area (Å²) in [4.78, 5) is 3.52. The van der Waals surface area contributed by atoms with E-state index in [2.05, 4.69) is 10.3 Å². The smallest absolute Gasteiger partial charge is 0.220 e. The second kappa shape index (κ2) is 4.62. The first-order valence-corrected chi connectivity index (χ1v) is 3.76. The van der Waals surface area contributed by atoms with Crippen LogP contribution in [0, 0.1) is 5.95 Å². The summed E-state index contributed by atoms with van der Waals surface area (Å²) >= 11 is 0. The average molecular weight is 166 g/mol. The zero-order valence-electron chi connectivity index (χ0n) is 6.92. The number of nitrogens with zero attached hydrogens (tertiary/aromatic N) is 1. The predicted octanol–water partition coefficient (Wildman–Crippen LogP) is 1.45. The number of hydrogen-bond acceptors (Lipinski definition) is 2. The number of halogens is 1. The first-order valence-electron chi connectivity index (χ1n) is 3.76. The largest absolute Gasteiger partial charge is 0.316 e. The van der Waals surface area contributed by atoms with Crippen LogP contribution >= 0.6 is 0 Å². The van der Waals surface area contributed by atoms with E-state index >= 15 is 0 Å². The molecule has 0 aliphatic carbocycles. The van der Waals surface area contributed by atoms with Crippen LogP contribution in [0.3, 0.4) is 0 Å². The van der Waals surface area contributed by atoms with Crippen molar-refractivity contribution in [1.29, 1.82) is 0 Å². The van der Waals surface area contributed by atoms with Crippen molar-refractivity contribution >= 4 is 6.08 Å². The van der Waals surface area contributed by atoms with E-state index in [1.807, 2.05) is 13.1 Å². The molecule has 0 saturated carbocycles. The number of hydrogen-bond donors (Lipinski definition) is 1. The fourth-order valence-corrected chi connectivity index (χ4v) is 0.827. The van der Waals surface area contributed by atoms with Crippen LogP contribution in [0.25, 0.3) is 6.08 Å². The first-order chi connectivity index (χ1) is 5.84. The van der Waals surface area contributed by atoms with E-state index in [1.54, 1.807) is 18.2 Å². The van der Waals surface area contributed by atoms with Gasteiger partial charge in [0.25, 0.3) is 0 Å². The van der Waals surface area contributed by atoms with Crippen LogP contribution in [0.1, 0.15) is 5.56 Å². The molecule has 1 N–H and O–H groups in total. The molecule has 0 amide bonds. The van der Waals surface area contributed by atoms with E-state index in [-0.39, 0.29) is 0 Å². The van der Waals surface area contributed by atoms with Crippen molar-refractivity contribution in [3.05, 3.63) is 35.9 Å². The molecule has 3 heteroatoms. The van der Waals surface area contributed by atoms with Crippen molar-refractivity contribution in [2.75, 3.05) is 13.6 Å². The SMILES string of the molecule is CNCC=Cc1cccnc1F. The fourth-order valence-electron chi connectivity index (χ4n) is 0.827. The second-order valence-electron chi connectivity index (χ2n) is 2.34. The van der Waals surface area contributed by atoms with Gasteiger partial charge in [0, 0.05) is 18.3 Å². The van der Waals surface area contributed by atoms with Gasteiger partial charge in [0.05, 0.1) is 0 Å². The van der Waals surface area contributed by atoms with Gasteiger partial charge in [0.15, 0.2) is 0 Å². The lowest BCUT2D eigenvalue weighted by molar-refractivity contribution is 0.581. The summed E-state index contributed by atoms with van der Waals surface area (Å²) in [5, 5.41) is 2.93. The molecule has 1 aromatic heterocycles. The average Bonchev–Trinajstić information content (AvgIpc) is 2.09. The zero-order valence-corrected chi connectivity index (χ0v) is 6.92. The Hall–Kier alpha value is -1.22. The summed E-state index contributed by atoms with van der Waals surface area (Å²) < 4.78 is 12.8. The highest BCUT2D eigenvalue weighted by Crippen LogP contribution is 2.04. The van der Waals surface area contributed by atoms with E-state index in [4.69, 9.17) is 0 Å². The molecule has 0 saturated heterocycles. The third-order valence-corrected chi connectivity index (χ3v) is 1.41. The summed E-state index contributed by atoms with van der Waals surface area (Å²) in [6.07, 6.45) is 4.99. The molecule has 0 spiro atoms. The van der Waals surface area contributed by atoms with E-state index < -0.39 is 5.95 Å². The van der Waals surface area contributed by atoms with Gasteiger partial charge >= 0.3 is 0 Å². The van der Waals surface area contributed by atoms with E-state index in [9.17, 15) is 4.39 Å². The maximum atomic E-state index is 12.8. The van der Waals surface area contributed by atoms with Crippen molar-refractivity contribution < 1.29 is 4.39 Å². The Morgan fingerprint density at radius 2 is 2.50 bits per heavy atom. The highest BCUT2D eigenvalue weighted by atomic mass is 19.1. The summed E-state index contributed by atoms with van der Waals surface area (Å²) in [6.45, 7) is 0.730. The molecule has 64 valence electrons. The van der Waals surface area contributed by atoms with E-state index in [0.29, 0.717) is 5.56 Å². The second-order valence-corrected chi connectivity index (χ2v) is 2.34. The minimum Gasteiger partial charge on any atom is -0.316 e. The number of pyridine rings is 1. The first kappa shape index (κ1) is 8.87. The topological polar surface area (TPSA) is 24.9 Å². The van der Waals surface area contributed by atoms with Gasteiger partial charge in [0.1, 0.15) is 0 Å². The molecule has 0 unspecified atom stereocenters. The summed E-state index contributed by atoms with van der Waals surface area (Å²) in [7, 11) is 1.84. The van der Waals surface area contributed by atoms with Gasteiger partial charge in [0.2, 0.25) is 5.95 Å². The van der Waals surface area contributed by atoms with Crippen LogP contribution in [-0.2, 0) is 0 Å². The Bertz CT molecular complexity index is 271. The Kier molecular flexibility index (Phi) is 3.41.